The zero-order chi connectivity index (χ0) is 10.9. The summed E-state index contributed by atoms with van der Waals surface area (Å²) < 4.78 is 0. The zero-order valence-electron chi connectivity index (χ0n) is 8.27. The molecular weight excluding hydrogens is 230 g/mol. The maximum Gasteiger partial charge on any atom is 0.0446 e. The van der Waals surface area contributed by atoms with Crippen molar-refractivity contribution >= 4 is 23.4 Å². The van der Waals surface area contributed by atoms with E-state index in [0.717, 1.165) is 28.5 Å². The van der Waals surface area contributed by atoms with E-state index in [4.69, 9.17) is 17.1 Å². The van der Waals surface area contributed by atoms with Gasteiger partial charge in [-0.05, 0) is 29.3 Å². The van der Waals surface area contributed by atoms with Gasteiger partial charge in [-0.1, -0.05) is 34.9 Å². The summed E-state index contributed by atoms with van der Waals surface area (Å²) in [7, 11) is 0. The van der Waals surface area contributed by atoms with Gasteiger partial charge in [-0.15, -0.1) is 0 Å². The monoisotopic (exact) mass is 241 g/mol. The van der Waals surface area contributed by atoms with Gasteiger partial charge in [0, 0.05) is 22.2 Å². The lowest BCUT2D eigenvalue weighted by Gasteiger charge is -2.02. The minimum atomic E-state index is 0.575. The molecule has 0 heterocycles. The number of nitrogens with zero attached hydrogens (tertiary/aromatic N) is 3. The lowest BCUT2D eigenvalue weighted by Crippen LogP contribution is -1.86. The van der Waals surface area contributed by atoms with Gasteiger partial charge in [0.1, 0.15) is 0 Å². The highest BCUT2D eigenvalue weighted by atomic mass is 35.5. The summed E-state index contributed by atoms with van der Waals surface area (Å²) in [6.07, 6.45) is 0.916. The fourth-order valence-electron chi connectivity index (χ4n) is 1.08. The Morgan fingerprint density at radius 2 is 2.20 bits per heavy atom. The molecule has 0 spiro atoms. The van der Waals surface area contributed by atoms with Crippen LogP contribution in [0, 0.1) is 0 Å². The topological polar surface area (TPSA) is 48.8 Å². The van der Waals surface area contributed by atoms with Crippen LogP contribution in [0.2, 0.25) is 5.02 Å². The highest BCUT2D eigenvalue weighted by Crippen LogP contribution is 2.20. The molecule has 1 aromatic rings. The predicted molar refractivity (Wildman–Crippen MR) is 66.2 cm³/mol. The molecule has 1 rings (SSSR count). The number of thioether (sulfide) groups is 1. The van der Waals surface area contributed by atoms with E-state index in [-0.39, 0.29) is 0 Å². The first-order valence-corrected chi connectivity index (χ1v) is 6.20. The second-order valence-electron chi connectivity index (χ2n) is 2.95. The van der Waals surface area contributed by atoms with Crippen molar-refractivity contribution in [1.29, 1.82) is 0 Å². The molecule has 0 bridgehead atoms. The molecule has 1 aromatic carbocycles. The molecule has 0 aliphatic carbocycles. The number of benzene rings is 1. The molecule has 15 heavy (non-hydrogen) atoms. The Bertz CT molecular complexity index is 350. The van der Waals surface area contributed by atoms with Gasteiger partial charge < -0.3 is 0 Å². The Labute approximate surface area is 98.5 Å². The molecule has 0 radical (unpaired) electrons. The van der Waals surface area contributed by atoms with Crippen LogP contribution in [0.3, 0.4) is 0 Å². The fourth-order valence-corrected chi connectivity index (χ4v) is 2.31. The van der Waals surface area contributed by atoms with E-state index in [2.05, 4.69) is 10.0 Å². The molecule has 80 valence electrons. The summed E-state index contributed by atoms with van der Waals surface area (Å²) in [5.41, 5.74) is 9.23. The molecule has 3 nitrogen and oxygen atoms in total. The highest BCUT2D eigenvalue weighted by molar-refractivity contribution is 7.98. The lowest BCUT2D eigenvalue weighted by atomic mass is 10.2. The summed E-state index contributed by atoms with van der Waals surface area (Å²) >= 11 is 7.81. The van der Waals surface area contributed by atoms with Gasteiger partial charge in [0.05, 0.1) is 0 Å². The fraction of sp³-hybridized carbons (Fsp3) is 0.400. The molecule has 5 heteroatoms. The minimum Gasteiger partial charge on any atom is -0.157 e. The molecule has 0 atom stereocenters. The number of halogens is 1. The van der Waals surface area contributed by atoms with Crippen molar-refractivity contribution in [3.63, 3.8) is 0 Å². The summed E-state index contributed by atoms with van der Waals surface area (Å²) in [6, 6.07) is 7.85. The first-order chi connectivity index (χ1) is 7.34. The largest absolute Gasteiger partial charge is 0.157 e. The van der Waals surface area contributed by atoms with Crippen LogP contribution in [-0.4, -0.2) is 12.3 Å². The van der Waals surface area contributed by atoms with Crippen molar-refractivity contribution in [1.82, 2.24) is 0 Å². The van der Waals surface area contributed by atoms with E-state index in [1.165, 1.54) is 0 Å². The van der Waals surface area contributed by atoms with Gasteiger partial charge in [-0.25, -0.2) is 0 Å². The maximum absolute atomic E-state index is 8.07. The van der Waals surface area contributed by atoms with Crippen LogP contribution in [0.15, 0.2) is 29.4 Å². The molecule has 0 aliphatic rings. The molecule has 0 saturated carbocycles. The van der Waals surface area contributed by atoms with Crippen molar-refractivity contribution in [3.8, 4) is 0 Å². The van der Waals surface area contributed by atoms with Crippen molar-refractivity contribution < 1.29 is 0 Å². The van der Waals surface area contributed by atoms with E-state index >= 15 is 0 Å². The van der Waals surface area contributed by atoms with E-state index in [1.54, 1.807) is 11.8 Å². The molecule has 0 amide bonds. The summed E-state index contributed by atoms with van der Waals surface area (Å²) in [5.74, 6) is 1.90. The van der Waals surface area contributed by atoms with Crippen LogP contribution in [-0.2, 0) is 5.75 Å². The van der Waals surface area contributed by atoms with Gasteiger partial charge in [-0.2, -0.15) is 11.8 Å². The molecular formula is C10H12ClN3S. The van der Waals surface area contributed by atoms with Gasteiger partial charge in [-0.3, -0.25) is 0 Å². The molecule has 0 unspecified atom stereocenters. The summed E-state index contributed by atoms with van der Waals surface area (Å²) in [4.78, 5) is 2.70. The molecule has 0 saturated heterocycles. The number of azide groups is 1. The first-order valence-electron chi connectivity index (χ1n) is 4.66. The van der Waals surface area contributed by atoms with E-state index in [0.29, 0.717) is 6.54 Å². The Kier molecular flexibility index (Phi) is 6.09. The summed E-state index contributed by atoms with van der Waals surface area (Å²) in [5, 5.41) is 4.29. The predicted octanol–water partition coefficient (Wildman–Crippen LogP) is 4.27. The zero-order valence-corrected chi connectivity index (χ0v) is 9.84. The standard InChI is InChI=1S/C10H12ClN3S/c11-10-5-2-1-4-9(10)8-15-7-3-6-13-14-12/h1-2,4-5H,3,6-8H2. The second kappa shape index (κ2) is 7.46. The van der Waals surface area contributed by atoms with Crippen molar-refractivity contribution in [2.75, 3.05) is 12.3 Å². The summed E-state index contributed by atoms with van der Waals surface area (Å²) in [6.45, 7) is 0.575. The quantitative estimate of drug-likeness (QED) is 0.317. The lowest BCUT2D eigenvalue weighted by molar-refractivity contribution is 0.931. The number of hydrogen-bond donors (Lipinski definition) is 0. The second-order valence-corrected chi connectivity index (χ2v) is 4.46. The molecule has 0 fully saturated rings. The van der Waals surface area contributed by atoms with Gasteiger partial charge in [0.25, 0.3) is 0 Å². The molecule has 0 aromatic heterocycles. The average molecular weight is 242 g/mol. The Morgan fingerprint density at radius 1 is 1.40 bits per heavy atom. The SMILES string of the molecule is [N-]=[N+]=NCCCSCc1ccccc1Cl. The first kappa shape index (κ1) is 12.2. The normalized spacial score (nSPS) is 9.67. The van der Waals surface area contributed by atoms with Gasteiger partial charge in [0.2, 0.25) is 0 Å². The molecule has 0 aliphatic heterocycles. The van der Waals surface area contributed by atoms with Crippen molar-refractivity contribution in [2.24, 2.45) is 5.11 Å². The van der Waals surface area contributed by atoms with E-state index in [1.807, 2.05) is 24.3 Å². The number of rotatable bonds is 6. The van der Waals surface area contributed by atoms with Crippen molar-refractivity contribution in [3.05, 3.63) is 45.3 Å². The third kappa shape index (κ3) is 4.98. The number of hydrogen-bond acceptors (Lipinski definition) is 2. The van der Waals surface area contributed by atoms with E-state index in [9.17, 15) is 0 Å². The average Bonchev–Trinajstić information content (AvgIpc) is 2.25. The minimum absolute atomic E-state index is 0.575. The van der Waals surface area contributed by atoms with Crippen LogP contribution >= 0.6 is 23.4 Å². The van der Waals surface area contributed by atoms with Crippen LogP contribution in [0.25, 0.3) is 10.4 Å². The third-order valence-corrected chi connectivity index (χ3v) is 3.29. The van der Waals surface area contributed by atoms with Crippen LogP contribution in [0.4, 0.5) is 0 Å². The van der Waals surface area contributed by atoms with Crippen LogP contribution < -0.4 is 0 Å². The highest BCUT2D eigenvalue weighted by Gasteiger charge is 1.98. The third-order valence-electron chi connectivity index (χ3n) is 1.83. The van der Waals surface area contributed by atoms with Crippen LogP contribution in [0.5, 0.6) is 0 Å². The van der Waals surface area contributed by atoms with Crippen molar-refractivity contribution in [2.45, 2.75) is 12.2 Å². The maximum atomic E-state index is 8.07. The van der Waals surface area contributed by atoms with E-state index < -0.39 is 0 Å². The Hall–Kier alpha value is -0.830. The van der Waals surface area contributed by atoms with Gasteiger partial charge in [0.15, 0.2) is 0 Å². The smallest absolute Gasteiger partial charge is 0.0446 e. The Morgan fingerprint density at radius 3 is 2.93 bits per heavy atom. The van der Waals surface area contributed by atoms with Crippen LogP contribution in [0.1, 0.15) is 12.0 Å². The molecule has 0 N–H and O–H groups in total. The Balaban J connectivity index is 2.20. The van der Waals surface area contributed by atoms with Gasteiger partial charge >= 0.3 is 0 Å².